The zero-order chi connectivity index (χ0) is 13.2. The van der Waals surface area contributed by atoms with Gasteiger partial charge in [0.1, 0.15) is 0 Å². The number of hydrogen-bond acceptors (Lipinski definition) is 2. The van der Waals surface area contributed by atoms with E-state index in [2.05, 4.69) is 5.32 Å². The van der Waals surface area contributed by atoms with E-state index in [9.17, 15) is 18.0 Å². The molecule has 104 valence electrons. The van der Waals surface area contributed by atoms with Gasteiger partial charge in [-0.1, -0.05) is 0 Å². The van der Waals surface area contributed by atoms with Gasteiger partial charge in [0.25, 0.3) is 0 Å². The monoisotopic (exact) mass is 264 g/mol. The second-order valence-electron chi connectivity index (χ2n) is 5.18. The molecule has 0 unspecified atom stereocenters. The van der Waals surface area contributed by atoms with Gasteiger partial charge in [-0.2, -0.15) is 13.2 Å². The van der Waals surface area contributed by atoms with Gasteiger partial charge >= 0.3 is 6.18 Å². The van der Waals surface area contributed by atoms with Crippen molar-refractivity contribution in [1.29, 1.82) is 0 Å². The highest BCUT2D eigenvalue weighted by Gasteiger charge is 2.42. The van der Waals surface area contributed by atoms with Crippen LogP contribution >= 0.6 is 0 Å². The van der Waals surface area contributed by atoms with Gasteiger partial charge < -0.3 is 10.2 Å². The summed E-state index contributed by atoms with van der Waals surface area (Å²) in [4.78, 5) is 13.7. The second kappa shape index (κ2) is 5.47. The first-order chi connectivity index (χ1) is 8.48. The van der Waals surface area contributed by atoms with E-state index in [1.54, 1.807) is 4.90 Å². The molecule has 0 aliphatic carbocycles. The number of carbonyl (C=O) groups excluding carboxylic acids is 1. The van der Waals surface area contributed by atoms with Crippen LogP contribution in [-0.4, -0.2) is 43.2 Å². The summed E-state index contributed by atoms with van der Waals surface area (Å²) < 4.78 is 37.5. The lowest BCUT2D eigenvalue weighted by molar-refractivity contribution is -0.187. The highest BCUT2D eigenvalue weighted by Crippen LogP contribution is 2.34. The molecule has 6 heteroatoms. The molecule has 3 nitrogen and oxygen atoms in total. The van der Waals surface area contributed by atoms with Gasteiger partial charge in [-0.05, 0) is 32.2 Å². The topological polar surface area (TPSA) is 32.3 Å². The molecule has 0 radical (unpaired) electrons. The van der Waals surface area contributed by atoms with E-state index in [0.717, 1.165) is 19.4 Å². The first kappa shape index (κ1) is 13.6. The van der Waals surface area contributed by atoms with Crippen molar-refractivity contribution in [2.75, 3.05) is 26.2 Å². The smallest absolute Gasteiger partial charge is 0.342 e. The van der Waals surface area contributed by atoms with Gasteiger partial charge in [0.2, 0.25) is 5.91 Å². The van der Waals surface area contributed by atoms with E-state index in [0.29, 0.717) is 6.54 Å². The fraction of sp³-hybridized carbons (Fsp3) is 0.917. The molecule has 1 amide bonds. The van der Waals surface area contributed by atoms with Gasteiger partial charge in [-0.3, -0.25) is 4.79 Å². The summed E-state index contributed by atoms with van der Waals surface area (Å²) in [5.74, 6) is -1.24. The van der Waals surface area contributed by atoms with Gasteiger partial charge in [0.15, 0.2) is 0 Å². The standard InChI is InChI=1S/C12H19F3N2O/c13-12(14,15)10-3-6-17(7-4-10)11(18)9-2-1-5-16-8-9/h9-10,16H,1-8H2/t9-/m1/s1. The minimum atomic E-state index is -4.11. The Kier molecular flexibility index (Phi) is 4.14. The molecule has 2 aliphatic heterocycles. The lowest BCUT2D eigenvalue weighted by Gasteiger charge is -2.35. The summed E-state index contributed by atoms with van der Waals surface area (Å²) in [5, 5.41) is 3.16. The van der Waals surface area contributed by atoms with Crippen molar-refractivity contribution in [3.8, 4) is 0 Å². The normalized spacial score (nSPS) is 27.3. The number of halogens is 3. The van der Waals surface area contributed by atoms with Crippen LogP contribution in [0.25, 0.3) is 0 Å². The molecule has 0 saturated carbocycles. The summed E-state index contributed by atoms with van der Waals surface area (Å²) >= 11 is 0. The molecule has 1 N–H and O–H groups in total. The highest BCUT2D eigenvalue weighted by atomic mass is 19.4. The molecule has 0 aromatic heterocycles. The highest BCUT2D eigenvalue weighted by molar-refractivity contribution is 5.79. The van der Waals surface area contributed by atoms with Gasteiger partial charge in [0.05, 0.1) is 11.8 Å². The maximum atomic E-state index is 12.5. The van der Waals surface area contributed by atoms with Crippen LogP contribution in [0.1, 0.15) is 25.7 Å². The quantitative estimate of drug-likeness (QED) is 0.783. The van der Waals surface area contributed by atoms with Crippen molar-refractivity contribution in [1.82, 2.24) is 10.2 Å². The Balaban J connectivity index is 1.83. The van der Waals surface area contributed by atoms with E-state index in [-0.39, 0.29) is 37.8 Å². The molecule has 0 spiro atoms. The number of alkyl halides is 3. The Labute approximate surface area is 105 Å². The number of amides is 1. The Bertz CT molecular complexity index is 292. The Morgan fingerprint density at radius 2 is 1.83 bits per heavy atom. The van der Waals surface area contributed by atoms with E-state index < -0.39 is 12.1 Å². The fourth-order valence-corrected chi connectivity index (χ4v) is 2.75. The van der Waals surface area contributed by atoms with E-state index >= 15 is 0 Å². The van der Waals surface area contributed by atoms with Crippen molar-refractivity contribution in [3.63, 3.8) is 0 Å². The number of carbonyl (C=O) groups is 1. The zero-order valence-electron chi connectivity index (χ0n) is 10.3. The minimum Gasteiger partial charge on any atom is -0.342 e. The first-order valence-corrected chi connectivity index (χ1v) is 6.54. The predicted molar refractivity (Wildman–Crippen MR) is 61.0 cm³/mol. The number of rotatable bonds is 1. The lowest BCUT2D eigenvalue weighted by Crippen LogP contribution is -2.47. The third-order valence-electron chi connectivity index (χ3n) is 3.92. The van der Waals surface area contributed by atoms with Gasteiger partial charge in [0, 0.05) is 19.6 Å². The third kappa shape index (κ3) is 3.16. The Morgan fingerprint density at radius 1 is 1.17 bits per heavy atom. The SMILES string of the molecule is O=C([C@@H]1CCCNC1)N1CCC(C(F)(F)F)CC1. The molecule has 0 aromatic carbocycles. The molecular weight excluding hydrogens is 245 g/mol. The zero-order valence-corrected chi connectivity index (χ0v) is 10.3. The molecule has 2 heterocycles. The van der Waals surface area contributed by atoms with Crippen LogP contribution in [0.15, 0.2) is 0 Å². The molecule has 2 fully saturated rings. The van der Waals surface area contributed by atoms with Crippen molar-refractivity contribution < 1.29 is 18.0 Å². The number of nitrogens with zero attached hydrogens (tertiary/aromatic N) is 1. The van der Waals surface area contributed by atoms with Crippen molar-refractivity contribution in [2.24, 2.45) is 11.8 Å². The van der Waals surface area contributed by atoms with E-state index in [4.69, 9.17) is 0 Å². The Morgan fingerprint density at radius 3 is 2.33 bits per heavy atom. The largest absolute Gasteiger partial charge is 0.391 e. The average Bonchev–Trinajstić information content (AvgIpc) is 2.38. The van der Waals surface area contributed by atoms with Crippen LogP contribution < -0.4 is 5.32 Å². The fourth-order valence-electron chi connectivity index (χ4n) is 2.75. The van der Waals surface area contributed by atoms with Crippen LogP contribution in [0.4, 0.5) is 13.2 Å². The molecule has 0 aromatic rings. The van der Waals surface area contributed by atoms with Crippen molar-refractivity contribution in [2.45, 2.75) is 31.9 Å². The summed E-state index contributed by atoms with van der Waals surface area (Å²) in [6, 6.07) is 0. The number of likely N-dealkylation sites (tertiary alicyclic amines) is 1. The molecule has 2 rings (SSSR count). The summed E-state index contributed by atoms with van der Waals surface area (Å²) in [7, 11) is 0. The molecule has 0 bridgehead atoms. The molecule has 2 aliphatic rings. The average molecular weight is 264 g/mol. The Hall–Kier alpha value is -0.780. The number of hydrogen-bond donors (Lipinski definition) is 1. The van der Waals surface area contributed by atoms with Crippen LogP contribution in [0, 0.1) is 11.8 Å². The molecule has 1 atom stereocenters. The minimum absolute atomic E-state index is 0.0304. The lowest BCUT2D eigenvalue weighted by atomic mass is 9.93. The predicted octanol–water partition coefficient (Wildman–Crippen LogP) is 1.79. The van der Waals surface area contributed by atoms with Gasteiger partial charge in [-0.15, -0.1) is 0 Å². The molecule has 18 heavy (non-hydrogen) atoms. The summed E-state index contributed by atoms with van der Waals surface area (Å²) in [6.07, 6.45) is -2.19. The van der Waals surface area contributed by atoms with Crippen molar-refractivity contribution in [3.05, 3.63) is 0 Å². The van der Waals surface area contributed by atoms with E-state index in [1.807, 2.05) is 0 Å². The maximum Gasteiger partial charge on any atom is 0.391 e. The van der Waals surface area contributed by atoms with Crippen LogP contribution in [0.3, 0.4) is 0 Å². The molecule has 2 saturated heterocycles. The number of nitrogens with one attached hydrogen (secondary N) is 1. The van der Waals surface area contributed by atoms with E-state index in [1.165, 1.54) is 0 Å². The summed E-state index contributed by atoms with van der Waals surface area (Å²) in [5.41, 5.74) is 0. The second-order valence-corrected chi connectivity index (χ2v) is 5.18. The third-order valence-corrected chi connectivity index (χ3v) is 3.92. The van der Waals surface area contributed by atoms with Crippen LogP contribution in [-0.2, 0) is 4.79 Å². The van der Waals surface area contributed by atoms with Crippen LogP contribution in [0.5, 0.6) is 0 Å². The summed E-state index contributed by atoms with van der Waals surface area (Å²) in [6.45, 7) is 2.09. The van der Waals surface area contributed by atoms with Gasteiger partial charge in [-0.25, -0.2) is 0 Å². The number of piperidine rings is 2. The maximum absolute atomic E-state index is 12.5. The first-order valence-electron chi connectivity index (χ1n) is 6.54. The molecular formula is C12H19F3N2O. The van der Waals surface area contributed by atoms with Crippen molar-refractivity contribution >= 4 is 5.91 Å². The van der Waals surface area contributed by atoms with Crippen LogP contribution in [0.2, 0.25) is 0 Å².